The van der Waals surface area contributed by atoms with Gasteiger partial charge in [-0.15, -0.1) is 23.2 Å². The lowest BCUT2D eigenvalue weighted by molar-refractivity contribution is 0.599. The van der Waals surface area contributed by atoms with E-state index in [1.54, 1.807) is 0 Å². The van der Waals surface area contributed by atoms with E-state index in [4.69, 9.17) is 23.2 Å². The van der Waals surface area contributed by atoms with Crippen LogP contribution in [0.5, 0.6) is 0 Å². The minimum Gasteiger partial charge on any atom is -0.101 e. The Bertz CT molecular complexity index is 46.8. The minimum atomic E-state index is -0.458. The van der Waals surface area contributed by atoms with E-state index < -0.39 is 4.84 Å². The molecule has 0 aromatic carbocycles. The zero-order chi connectivity index (χ0) is 4.99. The predicted octanol–water partition coefficient (Wildman–Crippen LogP) is 1.81. The van der Waals surface area contributed by atoms with Crippen molar-refractivity contribution in [2.75, 3.05) is 6.16 Å². The molecule has 0 amide bonds. The van der Waals surface area contributed by atoms with Crippen LogP contribution in [-0.2, 0) is 4.57 Å². The molecular weight excluding hydrogens is 142 g/mol. The maximum Gasteiger partial charge on any atom is 0.327 e. The molecule has 0 fully saturated rings. The van der Waals surface area contributed by atoms with Gasteiger partial charge in [-0.25, -0.2) is 0 Å². The molecule has 0 bridgehead atoms. The summed E-state index contributed by atoms with van der Waals surface area (Å²) >= 11 is 10.3. The molecule has 0 N–H and O–H groups in total. The lowest BCUT2D eigenvalue weighted by Gasteiger charge is -1.77. The Kier molecular flexibility index (Phi) is 4.29. The first-order chi connectivity index (χ1) is 2.77. The average Bonchev–Trinajstić information content (AvgIpc) is 1.35. The van der Waals surface area contributed by atoms with Crippen molar-refractivity contribution in [3.8, 4) is 0 Å². The van der Waals surface area contributed by atoms with Crippen molar-refractivity contribution >= 4 is 31.7 Å². The molecular formula is C2H4Cl2OP+. The van der Waals surface area contributed by atoms with Crippen LogP contribution in [0.15, 0.2) is 0 Å². The van der Waals surface area contributed by atoms with Crippen LogP contribution in [0.1, 0.15) is 0 Å². The lowest BCUT2D eigenvalue weighted by atomic mass is 10.9. The van der Waals surface area contributed by atoms with Crippen LogP contribution in [0.25, 0.3) is 0 Å². The SMILES string of the molecule is O=[PH+]CC(Cl)Cl. The maximum atomic E-state index is 9.60. The van der Waals surface area contributed by atoms with Crippen LogP contribution < -0.4 is 0 Å². The van der Waals surface area contributed by atoms with E-state index in [9.17, 15) is 4.57 Å². The summed E-state index contributed by atoms with van der Waals surface area (Å²) in [5.74, 6) is 0. The second kappa shape index (κ2) is 3.86. The van der Waals surface area contributed by atoms with E-state index in [1.807, 2.05) is 0 Å². The highest BCUT2D eigenvalue weighted by Crippen LogP contribution is 2.06. The smallest absolute Gasteiger partial charge is 0.101 e. The van der Waals surface area contributed by atoms with Gasteiger partial charge in [0.15, 0.2) is 11.0 Å². The van der Waals surface area contributed by atoms with E-state index in [2.05, 4.69) is 0 Å². The molecule has 0 aliphatic heterocycles. The largest absolute Gasteiger partial charge is 0.327 e. The molecule has 1 atom stereocenters. The van der Waals surface area contributed by atoms with Crippen LogP contribution >= 0.6 is 31.7 Å². The first kappa shape index (κ1) is 6.68. The summed E-state index contributed by atoms with van der Waals surface area (Å²) in [5, 5.41) is 0. The highest BCUT2D eigenvalue weighted by Gasteiger charge is 2.00. The normalized spacial score (nSPS) is 10.5. The van der Waals surface area contributed by atoms with Crippen LogP contribution in [0.4, 0.5) is 0 Å². The van der Waals surface area contributed by atoms with Gasteiger partial charge in [0.2, 0.25) is 0 Å². The molecule has 0 saturated carbocycles. The summed E-state index contributed by atoms with van der Waals surface area (Å²) in [7, 11) is -0.376. The standard InChI is InChI=1S/C2H3Cl2OP/c3-2(4)1-6-5/h2H,1H2/p+1. The quantitative estimate of drug-likeness (QED) is 0.428. The Balaban J connectivity index is 2.81. The molecule has 4 heteroatoms. The number of hydrogen-bond acceptors (Lipinski definition) is 1. The van der Waals surface area contributed by atoms with Crippen molar-refractivity contribution in [2.45, 2.75) is 4.84 Å². The molecule has 0 aliphatic rings. The zero-order valence-electron chi connectivity index (χ0n) is 2.95. The van der Waals surface area contributed by atoms with Gasteiger partial charge in [-0.05, 0) is 0 Å². The van der Waals surface area contributed by atoms with Gasteiger partial charge in [0.25, 0.3) is 0 Å². The molecule has 1 unspecified atom stereocenters. The maximum absolute atomic E-state index is 9.60. The van der Waals surface area contributed by atoms with Gasteiger partial charge in [0.05, 0.1) is 0 Å². The Hall–Kier alpha value is 0.680. The number of rotatable bonds is 2. The zero-order valence-corrected chi connectivity index (χ0v) is 5.46. The molecule has 36 valence electrons. The summed E-state index contributed by atoms with van der Waals surface area (Å²) in [6.07, 6.45) is 0.378. The van der Waals surface area contributed by atoms with Crippen molar-refractivity contribution in [3.63, 3.8) is 0 Å². The second-order valence-electron chi connectivity index (χ2n) is 0.740. The van der Waals surface area contributed by atoms with Crippen molar-refractivity contribution in [1.82, 2.24) is 0 Å². The molecule has 0 rings (SSSR count). The third-order valence-corrected chi connectivity index (χ3v) is 1.64. The molecule has 1 nitrogen and oxygen atoms in total. The summed E-state index contributed by atoms with van der Waals surface area (Å²) < 4.78 is 9.60. The first-order valence-electron chi connectivity index (χ1n) is 1.40. The van der Waals surface area contributed by atoms with Crippen LogP contribution in [0, 0.1) is 0 Å². The summed E-state index contributed by atoms with van der Waals surface area (Å²) in [6.45, 7) is 0. The Morgan fingerprint density at radius 2 is 2.17 bits per heavy atom. The molecule has 0 aromatic rings. The molecule has 0 aromatic heterocycles. The third-order valence-electron chi connectivity index (χ3n) is 0.238. The van der Waals surface area contributed by atoms with E-state index in [0.29, 0.717) is 6.16 Å². The summed E-state index contributed by atoms with van der Waals surface area (Å²) in [5.41, 5.74) is 0. The molecule has 0 saturated heterocycles. The highest BCUT2D eigenvalue weighted by molar-refractivity contribution is 7.24. The predicted molar refractivity (Wildman–Crippen MR) is 29.4 cm³/mol. The molecule has 0 heterocycles. The van der Waals surface area contributed by atoms with Crippen molar-refractivity contribution in [1.29, 1.82) is 0 Å². The van der Waals surface area contributed by atoms with Crippen LogP contribution in [0.2, 0.25) is 0 Å². The Labute approximate surface area is 47.8 Å². The topological polar surface area (TPSA) is 17.1 Å². The van der Waals surface area contributed by atoms with E-state index in [1.165, 1.54) is 0 Å². The fourth-order valence-electron chi connectivity index (χ4n) is 0.0630. The van der Waals surface area contributed by atoms with Gasteiger partial charge < -0.3 is 0 Å². The fraction of sp³-hybridized carbons (Fsp3) is 1.00. The van der Waals surface area contributed by atoms with Crippen LogP contribution in [0.3, 0.4) is 0 Å². The van der Waals surface area contributed by atoms with Gasteiger partial charge in [0, 0.05) is 0 Å². The monoisotopic (exact) mass is 145 g/mol. The molecule has 0 radical (unpaired) electrons. The van der Waals surface area contributed by atoms with Crippen molar-refractivity contribution in [2.24, 2.45) is 0 Å². The number of alkyl halides is 2. The third kappa shape index (κ3) is 4.68. The van der Waals surface area contributed by atoms with Gasteiger partial charge in [-0.3, -0.25) is 0 Å². The highest BCUT2D eigenvalue weighted by atomic mass is 35.5. The van der Waals surface area contributed by atoms with Gasteiger partial charge >= 0.3 is 8.46 Å². The van der Waals surface area contributed by atoms with Crippen LogP contribution in [-0.4, -0.2) is 11.0 Å². The summed E-state index contributed by atoms with van der Waals surface area (Å²) in [6, 6.07) is 0. The van der Waals surface area contributed by atoms with Crippen molar-refractivity contribution in [3.05, 3.63) is 0 Å². The molecule has 0 spiro atoms. The summed E-state index contributed by atoms with van der Waals surface area (Å²) in [4.78, 5) is -0.458. The Morgan fingerprint density at radius 1 is 1.67 bits per heavy atom. The van der Waals surface area contributed by atoms with Crippen molar-refractivity contribution < 1.29 is 4.57 Å². The number of halogens is 2. The molecule has 0 aliphatic carbocycles. The second-order valence-corrected chi connectivity index (χ2v) is 2.71. The van der Waals surface area contributed by atoms with Gasteiger partial charge in [-0.1, -0.05) is 4.57 Å². The average molecular weight is 146 g/mol. The van der Waals surface area contributed by atoms with Gasteiger partial charge in [0.1, 0.15) is 0 Å². The lowest BCUT2D eigenvalue weighted by Crippen LogP contribution is -1.83. The van der Waals surface area contributed by atoms with E-state index in [-0.39, 0.29) is 8.46 Å². The van der Waals surface area contributed by atoms with E-state index >= 15 is 0 Å². The van der Waals surface area contributed by atoms with Gasteiger partial charge in [-0.2, -0.15) is 0 Å². The molecule has 6 heavy (non-hydrogen) atoms. The number of hydrogen-bond donors (Lipinski definition) is 0. The minimum absolute atomic E-state index is 0.376. The fourth-order valence-corrected chi connectivity index (χ4v) is 0.567. The Morgan fingerprint density at radius 3 is 2.17 bits per heavy atom. The van der Waals surface area contributed by atoms with E-state index in [0.717, 1.165) is 0 Å². The first-order valence-corrected chi connectivity index (χ1v) is 3.39.